The second kappa shape index (κ2) is 6.75. The van der Waals surface area contributed by atoms with E-state index in [4.69, 9.17) is 0 Å². The van der Waals surface area contributed by atoms with Crippen molar-refractivity contribution in [2.24, 2.45) is 4.99 Å². The number of hydrogen-bond acceptors (Lipinski definition) is 2. The van der Waals surface area contributed by atoms with Gasteiger partial charge < -0.3 is 4.90 Å². The van der Waals surface area contributed by atoms with Gasteiger partial charge in [0.2, 0.25) is 0 Å². The van der Waals surface area contributed by atoms with E-state index in [1.807, 2.05) is 12.1 Å². The lowest BCUT2D eigenvalue weighted by Gasteiger charge is -2.17. The van der Waals surface area contributed by atoms with Crippen molar-refractivity contribution in [1.82, 2.24) is 0 Å². The number of nitrogens with zero attached hydrogens (tertiary/aromatic N) is 2. The molecule has 0 radical (unpaired) electrons. The van der Waals surface area contributed by atoms with Crippen molar-refractivity contribution in [3.63, 3.8) is 0 Å². The zero-order valence-electron chi connectivity index (χ0n) is 15.0. The third kappa shape index (κ3) is 3.38. The topological polar surface area (TPSA) is 15.6 Å². The predicted octanol–water partition coefficient (Wildman–Crippen LogP) is 5.71. The summed E-state index contributed by atoms with van der Waals surface area (Å²) in [5, 5.41) is 0. The molecule has 0 amide bonds. The van der Waals surface area contributed by atoms with Crippen molar-refractivity contribution in [2.45, 2.75) is 26.9 Å². The minimum atomic E-state index is -0.233. The molecule has 0 N–H and O–H groups in total. The molecule has 130 valence electrons. The Morgan fingerprint density at radius 2 is 1.42 bits per heavy atom. The molecule has 1 heterocycles. The molecule has 0 saturated carbocycles. The number of halogens is 1. The summed E-state index contributed by atoms with van der Waals surface area (Å²) in [4.78, 5) is 6.86. The molecule has 1 aliphatic heterocycles. The monoisotopic (exact) mass is 344 g/mol. The number of aryl methyl sites for hydroxylation is 2. The van der Waals surface area contributed by atoms with Gasteiger partial charge in [-0.15, -0.1) is 0 Å². The first-order valence-corrected chi connectivity index (χ1v) is 8.82. The molecule has 3 heteroatoms. The zero-order chi connectivity index (χ0) is 18.1. The van der Waals surface area contributed by atoms with E-state index < -0.39 is 0 Å². The van der Waals surface area contributed by atoms with Crippen molar-refractivity contribution in [3.8, 4) is 0 Å². The number of hydrogen-bond donors (Lipinski definition) is 0. The average Bonchev–Trinajstić information content (AvgIpc) is 3.05. The van der Waals surface area contributed by atoms with Crippen LogP contribution >= 0.6 is 0 Å². The highest BCUT2D eigenvalue weighted by molar-refractivity contribution is 5.82. The largest absolute Gasteiger partial charge is 0.363 e. The van der Waals surface area contributed by atoms with Crippen LogP contribution in [-0.4, -0.2) is 6.21 Å². The van der Waals surface area contributed by atoms with Gasteiger partial charge in [0.15, 0.2) is 0 Å². The summed E-state index contributed by atoms with van der Waals surface area (Å²) in [5.41, 5.74) is 8.54. The molecule has 2 nitrogen and oxygen atoms in total. The molecular formula is C23H21FN2. The molecule has 0 unspecified atom stereocenters. The van der Waals surface area contributed by atoms with E-state index in [2.05, 4.69) is 48.0 Å². The van der Waals surface area contributed by atoms with Crippen molar-refractivity contribution in [2.75, 3.05) is 4.90 Å². The second-order valence-electron chi connectivity index (χ2n) is 6.89. The van der Waals surface area contributed by atoms with Crippen LogP contribution in [0.25, 0.3) is 0 Å². The first-order valence-electron chi connectivity index (χ1n) is 8.82. The Morgan fingerprint density at radius 1 is 0.846 bits per heavy atom. The van der Waals surface area contributed by atoms with Crippen LogP contribution in [0.15, 0.2) is 65.7 Å². The van der Waals surface area contributed by atoms with Gasteiger partial charge in [0, 0.05) is 25.0 Å². The van der Waals surface area contributed by atoms with Gasteiger partial charge in [0.25, 0.3) is 0 Å². The number of benzene rings is 3. The minimum Gasteiger partial charge on any atom is -0.363 e. The third-order valence-corrected chi connectivity index (χ3v) is 4.99. The van der Waals surface area contributed by atoms with E-state index >= 15 is 0 Å². The summed E-state index contributed by atoms with van der Waals surface area (Å²) in [6, 6.07) is 19.2. The fraction of sp³-hybridized carbons (Fsp3) is 0.174. The van der Waals surface area contributed by atoms with Gasteiger partial charge in [0.1, 0.15) is 5.82 Å². The smallest absolute Gasteiger partial charge is 0.123 e. The Bertz CT molecular complexity index is 926. The molecule has 0 saturated heterocycles. The van der Waals surface area contributed by atoms with Crippen molar-refractivity contribution in [1.29, 1.82) is 0 Å². The van der Waals surface area contributed by atoms with Gasteiger partial charge in [-0.1, -0.05) is 24.3 Å². The Morgan fingerprint density at radius 3 is 2.00 bits per heavy atom. The summed E-state index contributed by atoms with van der Waals surface area (Å²) in [6.45, 7) is 6.25. The molecule has 3 aromatic rings. The lowest BCUT2D eigenvalue weighted by atomic mass is 10.0. The van der Waals surface area contributed by atoms with Crippen molar-refractivity contribution >= 4 is 17.6 Å². The summed E-state index contributed by atoms with van der Waals surface area (Å²) >= 11 is 0. The molecule has 0 aliphatic carbocycles. The van der Waals surface area contributed by atoms with Crippen LogP contribution in [-0.2, 0) is 13.1 Å². The first kappa shape index (κ1) is 16.5. The average molecular weight is 344 g/mol. The quantitative estimate of drug-likeness (QED) is 0.555. The van der Waals surface area contributed by atoms with E-state index in [0.29, 0.717) is 0 Å². The molecule has 4 rings (SSSR count). The van der Waals surface area contributed by atoms with Gasteiger partial charge in [0.05, 0.1) is 5.69 Å². The van der Waals surface area contributed by atoms with Gasteiger partial charge in [-0.2, -0.15) is 0 Å². The summed E-state index contributed by atoms with van der Waals surface area (Å²) in [5.74, 6) is -0.233. The first-order chi connectivity index (χ1) is 12.6. The molecule has 0 atom stereocenters. The highest BCUT2D eigenvalue weighted by Gasteiger charge is 2.19. The van der Waals surface area contributed by atoms with E-state index in [0.717, 1.165) is 24.3 Å². The minimum absolute atomic E-state index is 0.233. The molecule has 0 aromatic heterocycles. The van der Waals surface area contributed by atoms with Crippen molar-refractivity contribution < 1.29 is 4.39 Å². The molecule has 0 spiro atoms. The number of fused-ring (bicyclic) bond motifs is 1. The zero-order valence-corrected chi connectivity index (χ0v) is 15.0. The predicted molar refractivity (Wildman–Crippen MR) is 106 cm³/mol. The van der Waals surface area contributed by atoms with Gasteiger partial charge in [-0.05, 0) is 78.1 Å². The molecule has 0 fully saturated rings. The van der Waals surface area contributed by atoms with Gasteiger partial charge in [-0.3, -0.25) is 4.99 Å². The lowest BCUT2D eigenvalue weighted by molar-refractivity contribution is 0.628. The molecule has 0 bridgehead atoms. The summed E-state index contributed by atoms with van der Waals surface area (Å²) < 4.78 is 12.9. The Balaban J connectivity index is 1.47. The Kier molecular flexibility index (Phi) is 4.29. The molecule has 1 aliphatic rings. The maximum atomic E-state index is 12.9. The molecule has 26 heavy (non-hydrogen) atoms. The van der Waals surface area contributed by atoms with E-state index in [9.17, 15) is 4.39 Å². The lowest BCUT2D eigenvalue weighted by Crippen LogP contribution is -2.13. The van der Waals surface area contributed by atoms with Crippen molar-refractivity contribution in [3.05, 3.63) is 94.3 Å². The fourth-order valence-electron chi connectivity index (χ4n) is 3.33. The van der Waals surface area contributed by atoms with Crippen LogP contribution in [0.4, 0.5) is 15.8 Å². The number of rotatable bonds is 3. The van der Waals surface area contributed by atoms with Crippen LogP contribution in [0.3, 0.4) is 0 Å². The highest BCUT2D eigenvalue weighted by Crippen LogP contribution is 2.31. The maximum Gasteiger partial charge on any atom is 0.123 e. The van der Waals surface area contributed by atoms with Crippen LogP contribution < -0.4 is 4.90 Å². The normalized spacial score (nSPS) is 13.4. The van der Waals surface area contributed by atoms with Crippen LogP contribution in [0, 0.1) is 19.7 Å². The Labute approximate surface area is 153 Å². The standard InChI is InChI=1S/C23H21FN2/c1-16-11-19-14-26(15-20(19)12-17(16)2)23-9-7-22(8-10-23)25-13-18-3-5-21(24)6-4-18/h3-13H,14-15H2,1-2H3. The molecular weight excluding hydrogens is 323 g/mol. The Hall–Kier alpha value is -2.94. The van der Waals surface area contributed by atoms with E-state index in [-0.39, 0.29) is 5.82 Å². The number of aliphatic imine (C=N–C) groups is 1. The second-order valence-corrected chi connectivity index (χ2v) is 6.89. The highest BCUT2D eigenvalue weighted by atomic mass is 19.1. The van der Waals surface area contributed by atoms with Crippen LogP contribution in [0.2, 0.25) is 0 Å². The number of anilines is 1. The third-order valence-electron chi connectivity index (χ3n) is 4.99. The van der Waals surface area contributed by atoms with Gasteiger partial charge in [-0.25, -0.2) is 4.39 Å². The fourth-order valence-corrected chi connectivity index (χ4v) is 3.33. The maximum absolute atomic E-state index is 12.9. The summed E-state index contributed by atoms with van der Waals surface area (Å²) in [6.07, 6.45) is 1.76. The van der Waals surface area contributed by atoms with Crippen LogP contribution in [0.1, 0.15) is 27.8 Å². The van der Waals surface area contributed by atoms with Crippen LogP contribution in [0.5, 0.6) is 0 Å². The molecule has 3 aromatic carbocycles. The van der Waals surface area contributed by atoms with E-state index in [1.54, 1.807) is 18.3 Å². The summed E-state index contributed by atoms with van der Waals surface area (Å²) in [7, 11) is 0. The van der Waals surface area contributed by atoms with E-state index in [1.165, 1.54) is 40.1 Å². The van der Waals surface area contributed by atoms with Gasteiger partial charge >= 0.3 is 0 Å². The SMILES string of the molecule is Cc1cc2c(cc1C)CN(c1ccc(N=Cc3ccc(F)cc3)cc1)C2.